The van der Waals surface area contributed by atoms with Crippen molar-refractivity contribution in [2.75, 3.05) is 19.0 Å². The van der Waals surface area contributed by atoms with E-state index < -0.39 is 11.6 Å². The van der Waals surface area contributed by atoms with Crippen LogP contribution in [-0.4, -0.2) is 24.9 Å². The number of nitrogens with one attached hydrogen (secondary N) is 1. The lowest BCUT2D eigenvalue weighted by Gasteiger charge is -2.17. The maximum Gasteiger partial charge on any atom is 0.230 e. The molecule has 2 aromatic rings. The van der Waals surface area contributed by atoms with Crippen LogP contribution in [0.5, 0.6) is 11.5 Å². The number of amides is 1. The Hall–Kier alpha value is -2.28. The van der Waals surface area contributed by atoms with E-state index in [2.05, 4.69) is 5.32 Å². The maximum atomic E-state index is 13.2. The van der Waals surface area contributed by atoms with Gasteiger partial charge in [-0.3, -0.25) is 4.79 Å². The Morgan fingerprint density at radius 2 is 1.74 bits per heavy atom. The predicted octanol–water partition coefficient (Wildman–Crippen LogP) is 4.73. The number of benzene rings is 2. The first-order valence-corrected chi connectivity index (χ1v) is 9.69. The molecule has 0 aliphatic rings. The monoisotopic (exact) mass is 395 g/mol. The third-order valence-electron chi connectivity index (χ3n) is 3.71. The number of thioether (sulfide) groups is 1. The molecule has 1 atom stereocenters. The molecule has 1 N–H and O–H groups in total. The summed E-state index contributed by atoms with van der Waals surface area (Å²) in [6.45, 7) is 6.70. The summed E-state index contributed by atoms with van der Waals surface area (Å²) in [4.78, 5) is 12.7. The Morgan fingerprint density at radius 1 is 1.04 bits per heavy atom. The van der Waals surface area contributed by atoms with E-state index in [0.717, 1.165) is 29.5 Å². The molecule has 2 aromatic carbocycles. The van der Waals surface area contributed by atoms with Crippen molar-refractivity contribution in [2.45, 2.75) is 31.7 Å². The predicted molar refractivity (Wildman–Crippen MR) is 102 cm³/mol. The number of hydrogen-bond acceptors (Lipinski definition) is 4. The summed E-state index contributed by atoms with van der Waals surface area (Å²) in [7, 11) is 0. The first-order valence-electron chi connectivity index (χ1n) is 8.71. The molecule has 0 bridgehead atoms. The van der Waals surface area contributed by atoms with E-state index in [0.29, 0.717) is 29.6 Å². The second-order valence-electron chi connectivity index (χ2n) is 5.73. The fourth-order valence-electron chi connectivity index (χ4n) is 2.42. The second kappa shape index (κ2) is 10.2. The average Bonchev–Trinajstić information content (AvgIpc) is 2.64. The molecule has 1 unspecified atom stereocenters. The topological polar surface area (TPSA) is 47.6 Å². The summed E-state index contributed by atoms with van der Waals surface area (Å²) in [6, 6.07) is 8.88. The first kappa shape index (κ1) is 21.0. The Morgan fingerprint density at radius 3 is 2.41 bits per heavy atom. The van der Waals surface area contributed by atoms with Crippen LogP contribution in [0.4, 0.5) is 8.78 Å². The Bertz CT molecular complexity index is 786. The smallest absolute Gasteiger partial charge is 0.230 e. The molecule has 2 rings (SSSR count). The number of ether oxygens (including phenoxy) is 2. The highest BCUT2D eigenvalue weighted by Crippen LogP contribution is 2.31. The highest BCUT2D eigenvalue weighted by Gasteiger charge is 2.14. The zero-order valence-corrected chi connectivity index (χ0v) is 16.4. The van der Waals surface area contributed by atoms with Crippen LogP contribution in [0.1, 0.15) is 32.4 Å². The van der Waals surface area contributed by atoms with Gasteiger partial charge in [0.15, 0.2) is 23.1 Å². The third-order valence-corrected chi connectivity index (χ3v) is 4.70. The van der Waals surface area contributed by atoms with Crippen LogP contribution in [0.25, 0.3) is 0 Å². The molecule has 0 aliphatic heterocycles. The van der Waals surface area contributed by atoms with E-state index in [1.165, 1.54) is 6.07 Å². The Kier molecular flexibility index (Phi) is 7.91. The number of carbonyl (C=O) groups is 1. The minimum Gasteiger partial charge on any atom is -0.490 e. The van der Waals surface area contributed by atoms with E-state index in [1.54, 1.807) is 0 Å². The van der Waals surface area contributed by atoms with Crippen molar-refractivity contribution in [2.24, 2.45) is 0 Å². The lowest BCUT2D eigenvalue weighted by Crippen LogP contribution is -2.28. The molecule has 0 saturated carbocycles. The van der Waals surface area contributed by atoms with E-state index in [1.807, 2.05) is 39.0 Å². The van der Waals surface area contributed by atoms with E-state index in [-0.39, 0.29) is 17.7 Å². The van der Waals surface area contributed by atoms with Crippen LogP contribution < -0.4 is 14.8 Å². The fraction of sp³-hybridized carbons (Fsp3) is 0.350. The van der Waals surface area contributed by atoms with Crippen molar-refractivity contribution >= 4 is 17.7 Å². The molecular formula is C20H23F2NO3S. The Labute approximate surface area is 162 Å². The molecule has 0 fully saturated rings. The number of carbonyl (C=O) groups excluding carboxylic acids is 1. The van der Waals surface area contributed by atoms with Gasteiger partial charge in [-0.2, -0.15) is 0 Å². The maximum absolute atomic E-state index is 13.2. The van der Waals surface area contributed by atoms with Crippen molar-refractivity contribution in [3.63, 3.8) is 0 Å². The third kappa shape index (κ3) is 6.13. The van der Waals surface area contributed by atoms with Gasteiger partial charge in [0.1, 0.15) is 0 Å². The van der Waals surface area contributed by atoms with Gasteiger partial charge in [-0.15, -0.1) is 11.8 Å². The quantitative estimate of drug-likeness (QED) is 0.624. The van der Waals surface area contributed by atoms with E-state index >= 15 is 0 Å². The molecule has 0 heterocycles. The number of hydrogen-bond donors (Lipinski definition) is 1. The summed E-state index contributed by atoms with van der Waals surface area (Å²) >= 11 is 1.15. The van der Waals surface area contributed by atoms with Crippen LogP contribution >= 0.6 is 11.8 Å². The van der Waals surface area contributed by atoms with Crippen molar-refractivity contribution in [1.82, 2.24) is 5.32 Å². The molecule has 27 heavy (non-hydrogen) atoms. The second-order valence-corrected chi connectivity index (χ2v) is 6.77. The van der Waals surface area contributed by atoms with Crippen molar-refractivity contribution in [3.8, 4) is 11.5 Å². The van der Waals surface area contributed by atoms with Crippen molar-refractivity contribution < 1.29 is 23.0 Å². The van der Waals surface area contributed by atoms with Gasteiger partial charge < -0.3 is 14.8 Å². The molecule has 0 aliphatic carbocycles. The van der Waals surface area contributed by atoms with E-state index in [9.17, 15) is 13.6 Å². The highest BCUT2D eigenvalue weighted by atomic mass is 32.2. The SMILES string of the molecule is CCOc1ccc(C(C)NC(=O)CSc2ccc(F)c(F)c2)cc1OCC. The van der Waals surface area contributed by atoms with Crippen LogP contribution in [0.2, 0.25) is 0 Å². The van der Waals surface area contributed by atoms with Gasteiger partial charge in [0.2, 0.25) is 5.91 Å². The van der Waals surface area contributed by atoms with Crippen LogP contribution in [-0.2, 0) is 4.79 Å². The van der Waals surface area contributed by atoms with Crippen LogP contribution in [0.3, 0.4) is 0 Å². The summed E-state index contributed by atoms with van der Waals surface area (Å²) < 4.78 is 37.3. The van der Waals surface area contributed by atoms with Crippen molar-refractivity contribution in [1.29, 1.82) is 0 Å². The lowest BCUT2D eigenvalue weighted by atomic mass is 10.1. The molecule has 7 heteroatoms. The number of halogens is 2. The number of rotatable bonds is 9. The normalized spacial score (nSPS) is 11.7. The molecular weight excluding hydrogens is 372 g/mol. The average molecular weight is 395 g/mol. The van der Waals surface area contributed by atoms with Gasteiger partial charge in [-0.1, -0.05) is 6.07 Å². The van der Waals surface area contributed by atoms with Gasteiger partial charge in [-0.05, 0) is 56.7 Å². The summed E-state index contributed by atoms with van der Waals surface area (Å²) in [5.74, 6) is -0.636. The largest absolute Gasteiger partial charge is 0.490 e. The lowest BCUT2D eigenvalue weighted by molar-refractivity contribution is -0.119. The first-order chi connectivity index (χ1) is 12.9. The zero-order valence-electron chi connectivity index (χ0n) is 15.6. The van der Waals surface area contributed by atoms with Crippen LogP contribution in [0.15, 0.2) is 41.3 Å². The van der Waals surface area contributed by atoms with E-state index in [4.69, 9.17) is 9.47 Å². The van der Waals surface area contributed by atoms with Gasteiger partial charge in [0.05, 0.1) is 25.0 Å². The molecule has 0 aromatic heterocycles. The van der Waals surface area contributed by atoms with Gasteiger partial charge in [-0.25, -0.2) is 8.78 Å². The minimum atomic E-state index is -0.924. The summed E-state index contributed by atoms with van der Waals surface area (Å²) in [6.07, 6.45) is 0. The molecule has 0 saturated heterocycles. The summed E-state index contributed by atoms with van der Waals surface area (Å²) in [5, 5.41) is 2.89. The molecule has 4 nitrogen and oxygen atoms in total. The van der Waals surface area contributed by atoms with Crippen LogP contribution in [0, 0.1) is 11.6 Å². The van der Waals surface area contributed by atoms with Gasteiger partial charge >= 0.3 is 0 Å². The molecule has 0 radical (unpaired) electrons. The summed E-state index contributed by atoms with van der Waals surface area (Å²) in [5.41, 5.74) is 0.882. The highest BCUT2D eigenvalue weighted by molar-refractivity contribution is 8.00. The fourth-order valence-corrected chi connectivity index (χ4v) is 3.15. The Balaban J connectivity index is 1.96. The molecule has 0 spiro atoms. The van der Waals surface area contributed by atoms with Gasteiger partial charge in [0, 0.05) is 4.90 Å². The standard InChI is InChI=1S/C20H23F2NO3S/c1-4-25-18-9-6-14(10-19(18)26-5-2)13(3)23-20(24)12-27-15-7-8-16(21)17(22)11-15/h6-11,13H,4-5,12H2,1-3H3,(H,23,24). The van der Waals surface area contributed by atoms with Gasteiger partial charge in [0.25, 0.3) is 0 Å². The van der Waals surface area contributed by atoms with Crippen molar-refractivity contribution in [3.05, 3.63) is 53.6 Å². The molecule has 1 amide bonds. The minimum absolute atomic E-state index is 0.102. The zero-order chi connectivity index (χ0) is 19.8. The molecule has 146 valence electrons.